The summed E-state index contributed by atoms with van der Waals surface area (Å²) in [5.41, 5.74) is 0.946. The van der Waals surface area contributed by atoms with E-state index in [4.69, 9.17) is 16.3 Å². The highest BCUT2D eigenvalue weighted by molar-refractivity contribution is 7.89. The second-order valence-electron chi connectivity index (χ2n) is 3.77. The van der Waals surface area contributed by atoms with Crippen LogP contribution in [-0.2, 0) is 10.0 Å². The van der Waals surface area contributed by atoms with Gasteiger partial charge in [-0.15, -0.1) is 0 Å². The first-order valence-corrected chi connectivity index (χ1v) is 7.44. The van der Waals surface area contributed by atoms with Gasteiger partial charge in [-0.1, -0.05) is 11.6 Å². The van der Waals surface area contributed by atoms with Gasteiger partial charge in [-0.3, -0.25) is 4.98 Å². The molecule has 0 radical (unpaired) electrons. The molecule has 0 aliphatic carbocycles. The summed E-state index contributed by atoms with van der Waals surface area (Å²) in [6.07, 6.45) is 2.94. The number of halogens is 1. The standard InChI is InChI=1S/C12H12ClN3O3S/c1-14-20(17,18)10-7-8(3-4-9(10)19-2)11-12(13)16-6-5-15-11/h3-7,14H,1-2H3. The van der Waals surface area contributed by atoms with Crippen LogP contribution in [0.25, 0.3) is 11.3 Å². The molecule has 0 aliphatic heterocycles. The highest BCUT2D eigenvalue weighted by Crippen LogP contribution is 2.31. The minimum absolute atomic E-state index is 0.0155. The number of ether oxygens (including phenoxy) is 1. The van der Waals surface area contributed by atoms with Crippen molar-refractivity contribution in [3.8, 4) is 17.0 Å². The molecule has 2 aromatic rings. The molecule has 0 saturated carbocycles. The predicted octanol–water partition coefficient (Wildman–Crippen LogP) is 1.71. The Morgan fingerprint density at radius 2 is 1.95 bits per heavy atom. The van der Waals surface area contributed by atoms with E-state index in [-0.39, 0.29) is 15.8 Å². The third-order valence-corrected chi connectivity index (χ3v) is 4.36. The number of nitrogens with one attached hydrogen (secondary N) is 1. The highest BCUT2D eigenvalue weighted by Gasteiger charge is 2.19. The molecule has 0 atom stereocenters. The van der Waals surface area contributed by atoms with E-state index in [1.54, 1.807) is 12.1 Å². The van der Waals surface area contributed by atoms with Crippen LogP contribution in [0.15, 0.2) is 35.5 Å². The summed E-state index contributed by atoms with van der Waals surface area (Å²) < 4.78 is 31.3. The predicted molar refractivity (Wildman–Crippen MR) is 75.3 cm³/mol. The van der Waals surface area contributed by atoms with Gasteiger partial charge < -0.3 is 4.74 Å². The molecule has 20 heavy (non-hydrogen) atoms. The van der Waals surface area contributed by atoms with Crippen molar-refractivity contribution >= 4 is 21.6 Å². The molecule has 1 heterocycles. The van der Waals surface area contributed by atoms with Crippen molar-refractivity contribution in [2.45, 2.75) is 4.90 Å². The molecule has 0 bridgehead atoms. The van der Waals surface area contributed by atoms with Crippen LogP contribution < -0.4 is 9.46 Å². The van der Waals surface area contributed by atoms with Gasteiger partial charge in [0.1, 0.15) is 16.3 Å². The van der Waals surface area contributed by atoms with Crippen molar-refractivity contribution in [1.29, 1.82) is 0 Å². The van der Waals surface area contributed by atoms with E-state index in [1.165, 1.54) is 32.6 Å². The quantitative estimate of drug-likeness (QED) is 0.929. The van der Waals surface area contributed by atoms with Crippen molar-refractivity contribution in [2.75, 3.05) is 14.2 Å². The molecular weight excluding hydrogens is 302 g/mol. The van der Waals surface area contributed by atoms with Gasteiger partial charge in [0, 0.05) is 18.0 Å². The summed E-state index contributed by atoms with van der Waals surface area (Å²) >= 11 is 5.96. The van der Waals surface area contributed by atoms with Gasteiger partial charge in [0.25, 0.3) is 0 Å². The van der Waals surface area contributed by atoms with Crippen LogP contribution in [0.5, 0.6) is 5.75 Å². The number of methoxy groups -OCH3 is 1. The number of nitrogens with zero attached hydrogens (tertiary/aromatic N) is 2. The highest BCUT2D eigenvalue weighted by atomic mass is 35.5. The molecule has 0 spiro atoms. The van der Waals surface area contributed by atoms with Gasteiger partial charge in [0.15, 0.2) is 5.15 Å². The number of hydrogen-bond donors (Lipinski definition) is 1. The van der Waals surface area contributed by atoms with E-state index < -0.39 is 10.0 Å². The van der Waals surface area contributed by atoms with Gasteiger partial charge in [-0.25, -0.2) is 18.1 Å². The molecule has 0 unspecified atom stereocenters. The van der Waals surface area contributed by atoms with Gasteiger partial charge in [0.05, 0.1) is 7.11 Å². The van der Waals surface area contributed by atoms with E-state index in [1.807, 2.05) is 0 Å². The lowest BCUT2D eigenvalue weighted by Crippen LogP contribution is -2.19. The van der Waals surface area contributed by atoms with Gasteiger partial charge >= 0.3 is 0 Å². The maximum Gasteiger partial charge on any atom is 0.244 e. The Morgan fingerprint density at radius 1 is 1.25 bits per heavy atom. The van der Waals surface area contributed by atoms with E-state index in [9.17, 15) is 8.42 Å². The third kappa shape index (κ3) is 2.74. The molecule has 2 rings (SSSR count). The van der Waals surface area contributed by atoms with E-state index in [0.717, 1.165) is 0 Å². The van der Waals surface area contributed by atoms with E-state index in [0.29, 0.717) is 11.3 Å². The molecule has 0 saturated heterocycles. The zero-order valence-corrected chi connectivity index (χ0v) is 12.4. The summed E-state index contributed by atoms with van der Waals surface area (Å²) in [7, 11) is -0.919. The van der Waals surface area contributed by atoms with Gasteiger partial charge in [-0.2, -0.15) is 0 Å². The lowest BCUT2D eigenvalue weighted by Gasteiger charge is -2.11. The van der Waals surface area contributed by atoms with Crippen molar-refractivity contribution in [3.05, 3.63) is 35.7 Å². The van der Waals surface area contributed by atoms with E-state index >= 15 is 0 Å². The average molecular weight is 314 g/mol. The lowest BCUT2D eigenvalue weighted by atomic mass is 10.1. The summed E-state index contributed by atoms with van der Waals surface area (Å²) in [6, 6.07) is 4.66. The van der Waals surface area contributed by atoms with E-state index in [2.05, 4.69) is 14.7 Å². The first-order chi connectivity index (χ1) is 9.49. The van der Waals surface area contributed by atoms with Crippen molar-refractivity contribution < 1.29 is 13.2 Å². The van der Waals surface area contributed by atoms with Crippen molar-refractivity contribution in [3.63, 3.8) is 0 Å². The monoisotopic (exact) mass is 313 g/mol. The minimum Gasteiger partial charge on any atom is -0.495 e. The summed E-state index contributed by atoms with van der Waals surface area (Å²) in [5.74, 6) is 0.239. The smallest absolute Gasteiger partial charge is 0.244 e. The SMILES string of the molecule is CNS(=O)(=O)c1cc(-c2nccnc2Cl)ccc1OC. The molecule has 1 aromatic carbocycles. The molecule has 6 nitrogen and oxygen atoms in total. The molecule has 1 N–H and O–H groups in total. The maximum atomic E-state index is 12.0. The molecule has 106 valence electrons. The Kier molecular flexibility index (Phi) is 4.22. The maximum absolute atomic E-state index is 12.0. The fourth-order valence-corrected chi connectivity index (χ4v) is 2.79. The molecular formula is C12H12ClN3O3S. The first kappa shape index (κ1) is 14.7. The Morgan fingerprint density at radius 3 is 2.55 bits per heavy atom. The Hall–Kier alpha value is -1.70. The second kappa shape index (κ2) is 5.74. The normalized spacial score (nSPS) is 11.3. The van der Waals surface area contributed by atoms with Crippen LogP contribution in [0.4, 0.5) is 0 Å². The molecule has 0 fully saturated rings. The number of sulfonamides is 1. The van der Waals surface area contributed by atoms with Crippen LogP contribution in [0.2, 0.25) is 5.15 Å². The lowest BCUT2D eigenvalue weighted by molar-refractivity contribution is 0.402. The zero-order valence-electron chi connectivity index (χ0n) is 10.8. The van der Waals surface area contributed by atoms with Crippen molar-refractivity contribution in [2.24, 2.45) is 0 Å². The summed E-state index contributed by atoms with van der Waals surface area (Å²) in [4.78, 5) is 8.03. The van der Waals surface area contributed by atoms with Crippen LogP contribution >= 0.6 is 11.6 Å². The molecule has 0 aliphatic rings. The second-order valence-corrected chi connectivity index (χ2v) is 5.98. The summed E-state index contributed by atoms with van der Waals surface area (Å²) in [6.45, 7) is 0. The largest absolute Gasteiger partial charge is 0.495 e. The topological polar surface area (TPSA) is 81.2 Å². The third-order valence-electron chi connectivity index (χ3n) is 2.65. The Bertz CT molecular complexity index is 734. The number of benzene rings is 1. The van der Waals surface area contributed by atoms with Gasteiger partial charge in [0.2, 0.25) is 10.0 Å². The minimum atomic E-state index is -3.65. The first-order valence-electron chi connectivity index (χ1n) is 5.58. The van der Waals surface area contributed by atoms with Crippen LogP contribution in [-0.4, -0.2) is 32.5 Å². The Labute approximate surface area is 121 Å². The molecule has 0 amide bonds. The Balaban J connectivity index is 2.65. The van der Waals surface area contributed by atoms with Crippen LogP contribution in [0, 0.1) is 0 Å². The molecule has 8 heteroatoms. The average Bonchev–Trinajstić information content (AvgIpc) is 2.47. The number of aromatic nitrogens is 2. The van der Waals surface area contributed by atoms with Crippen molar-refractivity contribution in [1.82, 2.24) is 14.7 Å². The fraction of sp³-hybridized carbons (Fsp3) is 0.167. The number of rotatable bonds is 4. The molecule has 1 aromatic heterocycles. The number of hydrogen-bond acceptors (Lipinski definition) is 5. The van der Waals surface area contributed by atoms with Gasteiger partial charge in [-0.05, 0) is 25.2 Å². The van der Waals surface area contributed by atoms with Crippen LogP contribution in [0.3, 0.4) is 0 Å². The summed E-state index contributed by atoms with van der Waals surface area (Å²) in [5, 5.41) is 0.200. The zero-order chi connectivity index (χ0) is 14.8. The van der Waals surface area contributed by atoms with Crippen LogP contribution in [0.1, 0.15) is 0 Å². The fourth-order valence-electron chi connectivity index (χ4n) is 1.66.